The molecule has 1 aliphatic heterocycles. The Morgan fingerprint density at radius 3 is 2.52 bits per heavy atom. The van der Waals surface area contributed by atoms with Gasteiger partial charge in [0.1, 0.15) is 6.61 Å². The van der Waals surface area contributed by atoms with Gasteiger partial charge in [-0.25, -0.2) is 18.1 Å². The van der Waals surface area contributed by atoms with Crippen molar-refractivity contribution < 1.29 is 21.4 Å². The van der Waals surface area contributed by atoms with Crippen molar-refractivity contribution in [3.63, 3.8) is 0 Å². The second-order valence-electron chi connectivity index (χ2n) is 11.8. The number of fused-ring (bicyclic) bond motifs is 4. The van der Waals surface area contributed by atoms with Crippen molar-refractivity contribution >= 4 is 21.7 Å². The van der Waals surface area contributed by atoms with Crippen LogP contribution in [-0.4, -0.2) is 42.0 Å². The van der Waals surface area contributed by atoms with Crippen LogP contribution in [0.5, 0.6) is 5.88 Å². The number of rotatable bonds is 4. The zero-order valence-corrected chi connectivity index (χ0v) is 23.6. The van der Waals surface area contributed by atoms with Crippen molar-refractivity contribution in [3.8, 4) is 17.1 Å². The molecular formula is C32H38N4O3S. The quantitative estimate of drug-likeness (QED) is 0.385. The van der Waals surface area contributed by atoms with Crippen LogP contribution >= 0.6 is 0 Å². The molecule has 8 heteroatoms. The lowest BCUT2D eigenvalue weighted by molar-refractivity contribution is 0.0515. The highest BCUT2D eigenvalue weighted by molar-refractivity contribution is 7.92. The minimum Gasteiger partial charge on any atom is -0.475 e. The fourth-order valence-electron chi connectivity index (χ4n) is 6.12. The van der Waals surface area contributed by atoms with Gasteiger partial charge in [-0.05, 0) is 86.0 Å². The van der Waals surface area contributed by atoms with Gasteiger partial charge in [0.2, 0.25) is 11.8 Å². The Morgan fingerprint density at radius 2 is 1.85 bits per heavy atom. The number of hydrogen-bond acceptors (Lipinski definition) is 6. The Labute approximate surface area is 246 Å². The van der Waals surface area contributed by atoms with E-state index in [-0.39, 0.29) is 57.8 Å². The summed E-state index contributed by atoms with van der Waals surface area (Å²) in [5.41, 5.74) is 1.11. The molecule has 2 heterocycles. The molecule has 2 aromatic carbocycles. The summed E-state index contributed by atoms with van der Waals surface area (Å²) in [6.07, 6.45) is 5.26. The summed E-state index contributed by atoms with van der Waals surface area (Å²) < 4.78 is 85.1. The number of ether oxygens (including phenoxy) is 1. The molecule has 0 radical (unpaired) electrons. The molecule has 2 saturated carbocycles. The van der Waals surface area contributed by atoms with Crippen LogP contribution < -0.4 is 9.46 Å². The summed E-state index contributed by atoms with van der Waals surface area (Å²) in [5.74, 6) is -0.0933. The first-order valence-electron chi connectivity index (χ1n) is 16.7. The number of aromatic nitrogens is 2. The van der Waals surface area contributed by atoms with Gasteiger partial charge in [0.15, 0.2) is 0 Å². The maximum absolute atomic E-state index is 13.7. The number of sulfonamides is 1. The largest absolute Gasteiger partial charge is 0.475 e. The number of anilines is 1. The lowest BCUT2D eigenvalue weighted by Gasteiger charge is -2.49. The van der Waals surface area contributed by atoms with Crippen LogP contribution in [0.1, 0.15) is 70.9 Å². The third kappa shape index (κ3) is 5.09. The van der Waals surface area contributed by atoms with E-state index in [0.717, 1.165) is 25.0 Å². The molecule has 2 fully saturated rings. The molecule has 210 valence electrons. The molecular weight excluding hydrogens is 520 g/mol. The average molecular weight is 565 g/mol. The van der Waals surface area contributed by atoms with E-state index < -0.39 is 23.7 Å². The average Bonchev–Trinajstić information content (AvgIpc) is 3.75. The standard InChI is InChI=1S/C32H38N4O3S/c1-20(2)14-25-19-39-29-16-28(30-21(3)8-6-9-22(30)4)33-31(34-29)35-40(37,38)27-11-7-10-24(15-27)23(5)36(25)26-17-32(18-26)12-13-32/h6-11,15-16,20,25-26H,5,12-14,17-19H2,1-4H3,(H,33,34,35)/t25-/m1/s1/i3D3,4D3. The van der Waals surface area contributed by atoms with E-state index in [0.29, 0.717) is 16.9 Å². The molecule has 3 aromatic rings. The van der Waals surface area contributed by atoms with Gasteiger partial charge in [-0.15, -0.1) is 0 Å². The first-order chi connectivity index (χ1) is 21.5. The monoisotopic (exact) mass is 564 g/mol. The molecule has 4 bridgehead atoms. The Balaban J connectivity index is 1.53. The number of nitrogens with zero attached hydrogens (tertiary/aromatic N) is 3. The first kappa shape index (κ1) is 20.5. The number of nitrogens with one attached hydrogen (secondary N) is 1. The van der Waals surface area contributed by atoms with E-state index in [1.54, 1.807) is 12.1 Å². The number of benzene rings is 2. The predicted molar refractivity (Wildman–Crippen MR) is 158 cm³/mol. The fourth-order valence-corrected chi connectivity index (χ4v) is 7.11. The normalized spacial score (nSPS) is 24.3. The van der Waals surface area contributed by atoms with Gasteiger partial charge in [0, 0.05) is 31.6 Å². The van der Waals surface area contributed by atoms with Crippen LogP contribution in [0.25, 0.3) is 17.0 Å². The molecule has 1 spiro atoms. The maximum atomic E-state index is 13.7. The fraction of sp³-hybridized carbons (Fsp3) is 0.438. The van der Waals surface area contributed by atoms with E-state index >= 15 is 0 Å². The van der Waals surface area contributed by atoms with Crippen molar-refractivity contribution in [1.29, 1.82) is 0 Å². The Hall–Kier alpha value is -3.39. The summed E-state index contributed by atoms with van der Waals surface area (Å²) >= 11 is 0. The van der Waals surface area contributed by atoms with E-state index in [9.17, 15) is 8.42 Å². The van der Waals surface area contributed by atoms with Crippen LogP contribution in [-0.2, 0) is 10.0 Å². The zero-order valence-electron chi connectivity index (χ0n) is 28.8. The second-order valence-corrected chi connectivity index (χ2v) is 13.5. The van der Waals surface area contributed by atoms with E-state index in [1.807, 2.05) is 6.07 Å². The lowest BCUT2D eigenvalue weighted by atomic mass is 9.75. The lowest BCUT2D eigenvalue weighted by Crippen LogP contribution is -2.51. The van der Waals surface area contributed by atoms with E-state index in [1.165, 1.54) is 43.2 Å². The van der Waals surface area contributed by atoms with Crippen molar-refractivity contribution in [2.75, 3.05) is 11.3 Å². The molecule has 0 unspecified atom stereocenters. The maximum Gasteiger partial charge on any atom is 0.264 e. The second kappa shape index (κ2) is 9.91. The third-order valence-corrected chi connectivity index (χ3v) is 9.61. The SMILES string of the molecule is [2H]C([2H])([2H])c1cccc(C([2H])([2H])[2H])c1-c1cc2nc(n1)NS(=O)(=O)c1cccc(c1)C(=C)N(C1CC3(CC3)C1)[C@H](CC(C)C)CO2. The summed E-state index contributed by atoms with van der Waals surface area (Å²) in [4.78, 5) is 11.0. The molecule has 3 aliphatic rings. The van der Waals surface area contributed by atoms with Gasteiger partial charge in [-0.3, -0.25) is 0 Å². The highest BCUT2D eigenvalue weighted by Gasteiger charge is 2.55. The summed E-state index contributed by atoms with van der Waals surface area (Å²) in [6.45, 7) is 3.52. The third-order valence-electron chi connectivity index (χ3n) is 8.29. The minimum atomic E-state index is -4.24. The van der Waals surface area contributed by atoms with Crippen LogP contribution in [0.2, 0.25) is 0 Å². The van der Waals surface area contributed by atoms with Gasteiger partial charge in [0.25, 0.3) is 10.0 Å². The molecule has 2 aliphatic carbocycles. The van der Waals surface area contributed by atoms with Crippen molar-refractivity contribution in [2.24, 2.45) is 11.3 Å². The van der Waals surface area contributed by atoms with Crippen LogP contribution in [0.4, 0.5) is 5.95 Å². The summed E-state index contributed by atoms with van der Waals surface area (Å²) in [6, 6.07) is 12.0. The number of hydrogen-bond donors (Lipinski definition) is 1. The zero-order chi connectivity index (χ0) is 33.2. The van der Waals surface area contributed by atoms with Crippen molar-refractivity contribution in [3.05, 3.63) is 71.8 Å². The Morgan fingerprint density at radius 1 is 1.12 bits per heavy atom. The van der Waals surface area contributed by atoms with Gasteiger partial charge in [-0.2, -0.15) is 4.98 Å². The summed E-state index contributed by atoms with van der Waals surface area (Å²) in [7, 11) is -4.24. The highest BCUT2D eigenvalue weighted by Crippen LogP contribution is 2.62. The van der Waals surface area contributed by atoms with Crippen LogP contribution in [0.15, 0.2) is 60.0 Å². The van der Waals surface area contributed by atoms with Gasteiger partial charge in [-0.1, -0.05) is 50.8 Å². The van der Waals surface area contributed by atoms with Gasteiger partial charge in [0.05, 0.1) is 16.6 Å². The topological polar surface area (TPSA) is 84.4 Å². The smallest absolute Gasteiger partial charge is 0.264 e. The number of aryl methyl sites for hydroxylation is 2. The van der Waals surface area contributed by atoms with Gasteiger partial charge < -0.3 is 9.64 Å². The van der Waals surface area contributed by atoms with Crippen molar-refractivity contribution in [2.45, 2.75) is 76.6 Å². The molecule has 6 rings (SSSR count). The van der Waals surface area contributed by atoms with E-state index in [2.05, 4.69) is 40.0 Å². The van der Waals surface area contributed by atoms with Gasteiger partial charge >= 0.3 is 0 Å². The molecule has 1 atom stereocenters. The highest BCUT2D eigenvalue weighted by atomic mass is 32.2. The molecule has 0 amide bonds. The molecule has 1 N–H and O–H groups in total. The predicted octanol–water partition coefficient (Wildman–Crippen LogP) is 6.58. The molecule has 40 heavy (non-hydrogen) atoms. The Bertz CT molecular complexity index is 1750. The summed E-state index contributed by atoms with van der Waals surface area (Å²) in [5, 5.41) is 0. The van der Waals surface area contributed by atoms with E-state index in [4.69, 9.17) is 13.0 Å². The molecule has 7 nitrogen and oxygen atoms in total. The molecule has 0 saturated heterocycles. The minimum absolute atomic E-state index is 0.0166. The first-order valence-corrected chi connectivity index (χ1v) is 15.2. The Kier molecular flexibility index (Phi) is 5.07. The van der Waals surface area contributed by atoms with Crippen molar-refractivity contribution in [1.82, 2.24) is 14.9 Å². The van der Waals surface area contributed by atoms with Crippen LogP contribution in [0.3, 0.4) is 0 Å². The molecule has 1 aromatic heterocycles. The van der Waals surface area contributed by atoms with Crippen LogP contribution in [0, 0.1) is 25.0 Å².